The molecule has 0 aliphatic rings. The third-order valence-electron chi connectivity index (χ3n) is 3.78. The van der Waals surface area contributed by atoms with Crippen LogP contribution in [0.15, 0.2) is 58.4 Å². The van der Waals surface area contributed by atoms with Crippen LogP contribution in [0.25, 0.3) is 10.8 Å². The number of aromatic nitrogens is 1. The Labute approximate surface area is 138 Å². The number of halogens is 1. The number of aryl methyl sites for hydroxylation is 2. The molecule has 3 rings (SSSR count). The third-order valence-corrected chi connectivity index (χ3v) is 5.18. The van der Waals surface area contributed by atoms with Crippen molar-refractivity contribution in [2.45, 2.75) is 11.8 Å². The third kappa shape index (κ3) is 2.78. The lowest BCUT2D eigenvalue weighted by Gasteiger charge is -2.11. The van der Waals surface area contributed by atoms with E-state index in [1.807, 2.05) is 0 Å². The lowest BCUT2D eigenvalue weighted by Crippen LogP contribution is -2.17. The van der Waals surface area contributed by atoms with Gasteiger partial charge in [-0.1, -0.05) is 18.2 Å². The second-order valence-electron chi connectivity index (χ2n) is 5.53. The van der Waals surface area contributed by atoms with Crippen LogP contribution < -0.4 is 10.3 Å². The van der Waals surface area contributed by atoms with E-state index in [9.17, 15) is 17.6 Å². The van der Waals surface area contributed by atoms with Crippen LogP contribution in [0.3, 0.4) is 0 Å². The van der Waals surface area contributed by atoms with E-state index >= 15 is 0 Å². The first kappa shape index (κ1) is 16.2. The normalized spacial score (nSPS) is 11.6. The summed E-state index contributed by atoms with van der Waals surface area (Å²) in [5.74, 6) is -0.790. The highest BCUT2D eigenvalue weighted by Gasteiger charge is 2.20. The van der Waals surface area contributed by atoms with Gasteiger partial charge in [0.05, 0.1) is 0 Å². The van der Waals surface area contributed by atoms with Crippen LogP contribution in [0.4, 0.5) is 10.1 Å². The average Bonchev–Trinajstić information content (AvgIpc) is 2.53. The van der Waals surface area contributed by atoms with Gasteiger partial charge in [-0.15, -0.1) is 0 Å². The zero-order valence-electron chi connectivity index (χ0n) is 13.1. The van der Waals surface area contributed by atoms with E-state index in [-0.39, 0.29) is 16.8 Å². The van der Waals surface area contributed by atoms with Gasteiger partial charge in [-0.25, -0.2) is 12.8 Å². The molecule has 1 N–H and O–H groups in total. The smallest absolute Gasteiger partial charge is 0.264 e. The molecule has 0 bridgehead atoms. The number of pyridine rings is 1. The number of anilines is 1. The van der Waals surface area contributed by atoms with E-state index in [0.717, 1.165) is 0 Å². The first-order valence-electron chi connectivity index (χ1n) is 7.17. The van der Waals surface area contributed by atoms with Gasteiger partial charge >= 0.3 is 0 Å². The van der Waals surface area contributed by atoms with Crippen LogP contribution in [0.5, 0.6) is 0 Å². The van der Waals surface area contributed by atoms with Gasteiger partial charge < -0.3 is 4.57 Å². The highest BCUT2D eigenvalue weighted by Crippen LogP contribution is 2.22. The minimum atomic E-state index is -4.09. The molecule has 124 valence electrons. The molecule has 7 heteroatoms. The topological polar surface area (TPSA) is 68.2 Å². The molecule has 0 saturated carbocycles. The molecule has 0 unspecified atom stereocenters. The highest BCUT2D eigenvalue weighted by atomic mass is 32.2. The van der Waals surface area contributed by atoms with Crippen molar-refractivity contribution >= 4 is 26.5 Å². The standard InChI is InChI=1S/C17H15FN2O3S/c1-11-4-3-5-15(16(11)18)24(22,23)19-13-7-6-12-8-9-20(2)17(21)14(12)10-13/h3-10,19H,1-2H3. The van der Waals surface area contributed by atoms with Gasteiger partial charge in [0.15, 0.2) is 0 Å². The number of benzene rings is 2. The molecular weight excluding hydrogens is 331 g/mol. The summed E-state index contributed by atoms with van der Waals surface area (Å²) in [7, 11) is -2.48. The lowest BCUT2D eigenvalue weighted by molar-refractivity contribution is 0.565. The van der Waals surface area contributed by atoms with Crippen LogP contribution in [-0.4, -0.2) is 13.0 Å². The predicted octanol–water partition coefficient (Wildman–Crippen LogP) is 2.79. The van der Waals surface area contributed by atoms with Gasteiger partial charge in [0.1, 0.15) is 10.7 Å². The highest BCUT2D eigenvalue weighted by molar-refractivity contribution is 7.92. The van der Waals surface area contributed by atoms with Crippen molar-refractivity contribution in [3.8, 4) is 0 Å². The first-order chi connectivity index (χ1) is 11.3. The maximum Gasteiger partial charge on any atom is 0.264 e. The summed E-state index contributed by atoms with van der Waals surface area (Å²) in [6, 6.07) is 10.5. The lowest BCUT2D eigenvalue weighted by atomic mass is 10.1. The predicted molar refractivity (Wildman–Crippen MR) is 91.1 cm³/mol. The van der Waals surface area contributed by atoms with Crippen LogP contribution in [0.1, 0.15) is 5.56 Å². The first-order valence-corrected chi connectivity index (χ1v) is 8.65. The van der Waals surface area contributed by atoms with Crippen LogP contribution in [0.2, 0.25) is 0 Å². The van der Waals surface area contributed by atoms with Crippen LogP contribution >= 0.6 is 0 Å². The Morgan fingerprint density at radius 3 is 2.62 bits per heavy atom. The van der Waals surface area contributed by atoms with Gasteiger partial charge in [-0.2, -0.15) is 0 Å². The fraction of sp³-hybridized carbons (Fsp3) is 0.118. The van der Waals surface area contributed by atoms with E-state index in [2.05, 4.69) is 4.72 Å². The average molecular weight is 346 g/mol. The zero-order chi connectivity index (χ0) is 17.5. The van der Waals surface area contributed by atoms with Crippen molar-refractivity contribution in [2.75, 3.05) is 4.72 Å². The molecule has 2 aromatic carbocycles. The molecule has 5 nitrogen and oxygen atoms in total. The Bertz CT molecular complexity index is 1100. The minimum Gasteiger partial charge on any atom is -0.318 e. The molecule has 24 heavy (non-hydrogen) atoms. The number of hydrogen-bond acceptors (Lipinski definition) is 3. The van der Waals surface area contributed by atoms with Crippen molar-refractivity contribution in [1.29, 1.82) is 0 Å². The molecule has 0 saturated heterocycles. The molecule has 0 amide bonds. The van der Waals surface area contributed by atoms with Crippen molar-refractivity contribution in [2.24, 2.45) is 7.05 Å². The van der Waals surface area contributed by atoms with Gasteiger partial charge in [0, 0.05) is 24.3 Å². The quantitative estimate of drug-likeness (QED) is 0.793. The summed E-state index contributed by atoms with van der Waals surface area (Å²) in [6.45, 7) is 1.49. The number of hydrogen-bond donors (Lipinski definition) is 1. The van der Waals surface area contributed by atoms with Crippen molar-refractivity contribution in [3.05, 3.63) is 70.4 Å². The molecule has 1 aromatic heterocycles. The van der Waals surface area contributed by atoms with Gasteiger partial charge in [0.25, 0.3) is 15.6 Å². The Kier molecular flexibility index (Phi) is 3.88. The summed E-state index contributed by atoms with van der Waals surface area (Å²) in [6.07, 6.45) is 1.64. The molecule has 0 fully saturated rings. The monoisotopic (exact) mass is 346 g/mol. The summed E-state index contributed by atoms with van der Waals surface area (Å²) in [4.78, 5) is 11.7. The van der Waals surface area contributed by atoms with E-state index < -0.39 is 20.7 Å². The molecular formula is C17H15FN2O3S. The maximum absolute atomic E-state index is 14.1. The van der Waals surface area contributed by atoms with Crippen molar-refractivity contribution < 1.29 is 12.8 Å². The van der Waals surface area contributed by atoms with E-state index in [1.54, 1.807) is 25.4 Å². The largest absolute Gasteiger partial charge is 0.318 e. The second-order valence-corrected chi connectivity index (χ2v) is 7.18. The number of nitrogens with zero attached hydrogens (tertiary/aromatic N) is 1. The second kappa shape index (κ2) is 5.76. The molecule has 1 heterocycles. The Hall–Kier alpha value is -2.67. The maximum atomic E-state index is 14.1. The number of sulfonamides is 1. The van der Waals surface area contributed by atoms with Gasteiger partial charge in [-0.05, 0) is 42.1 Å². The fourth-order valence-electron chi connectivity index (χ4n) is 2.44. The fourth-order valence-corrected chi connectivity index (χ4v) is 3.64. The number of fused-ring (bicyclic) bond motifs is 1. The zero-order valence-corrected chi connectivity index (χ0v) is 13.9. The van der Waals surface area contributed by atoms with Gasteiger partial charge in [-0.3, -0.25) is 9.52 Å². The molecule has 0 atom stereocenters. The Morgan fingerprint density at radius 2 is 1.88 bits per heavy atom. The molecule has 0 aliphatic carbocycles. The number of nitrogens with one attached hydrogen (secondary N) is 1. The summed E-state index contributed by atoms with van der Waals surface area (Å²) in [5.41, 5.74) is 0.201. The minimum absolute atomic E-state index is 0.201. The molecule has 0 radical (unpaired) electrons. The molecule has 0 aliphatic heterocycles. The van der Waals surface area contributed by atoms with Crippen LogP contribution in [0, 0.1) is 12.7 Å². The van der Waals surface area contributed by atoms with Crippen molar-refractivity contribution in [1.82, 2.24) is 4.57 Å². The van der Waals surface area contributed by atoms with E-state index in [0.29, 0.717) is 10.8 Å². The van der Waals surface area contributed by atoms with E-state index in [1.165, 1.54) is 41.8 Å². The van der Waals surface area contributed by atoms with Crippen molar-refractivity contribution in [3.63, 3.8) is 0 Å². The summed E-state index contributed by atoms with van der Waals surface area (Å²) >= 11 is 0. The summed E-state index contributed by atoms with van der Waals surface area (Å²) < 4.78 is 42.7. The number of rotatable bonds is 3. The molecule has 0 spiro atoms. The Morgan fingerprint density at radius 1 is 1.12 bits per heavy atom. The van der Waals surface area contributed by atoms with Gasteiger partial charge in [0.2, 0.25) is 0 Å². The van der Waals surface area contributed by atoms with E-state index in [4.69, 9.17) is 0 Å². The van der Waals surface area contributed by atoms with Crippen LogP contribution in [-0.2, 0) is 17.1 Å². The summed E-state index contributed by atoms with van der Waals surface area (Å²) in [5, 5.41) is 1.08. The Balaban J connectivity index is 2.07. The molecule has 3 aromatic rings. The SMILES string of the molecule is Cc1cccc(S(=O)(=O)Nc2ccc3ccn(C)c(=O)c3c2)c1F.